The molecule has 0 saturated heterocycles. The number of hydrogen-bond donors (Lipinski definition) is 1. The van der Waals surface area contributed by atoms with Crippen molar-refractivity contribution in [2.45, 2.75) is 26.3 Å². The van der Waals surface area contributed by atoms with E-state index in [9.17, 15) is 4.39 Å². The number of benzene rings is 1. The Hall–Kier alpha value is -1.81. The minimum absolute atomic E-state index is 0.0581. The van der Waals surface area contributed by atoms with Crippen LogP contribution in [0.2, 0.25) is 0 Å². The molecule has 0 aliphatic heterocycles. The Morgan fingerprint density at radius 1 is 1.33 bits per heavy atom. The Balaban J connectivity index is 2.35. The number of nitrogens with two attached hydrogens (primary N) is 1. The molecule has 4 heteroatoms. The zero-order valence-corrected chi connectivity index (χ0v) is 10.5. The average Bonchev–Trinajstić information content (AvgIpc) is 2.32. The second-order valence-electron chi connectivity index (χ2n) is 4.52. The van der Waals surface area contributed by atoms with E-state index in [4.69, 9.17) is 5.73 Å². The van der Waals surface area contributed by atoms with Gasteiger partial charge in [0.1, 0.15) is 5.82 Å². The van der Waals surface area contributed by atoms with Crippen molar-refractivity contribution in [2.75, 3.05) is 0 Å². The van der Waals surface area contributed by atoms with Gasteiger partial charge in [-0.2, -0.15) is 0 Å². The zero-order valence-electron chi connectivity index (χ0n) is 10.5. The number of halogens is 1. The molecule has 0 aliphatic carbocycles. The third-order valence-corrected chi connectivity index (χ3v) is 2.66. The van der Waals surface area contributed by atoms with Crippen LogP contribution in [-0.2, 0) is 6.42 Å². The lowest BCUT2D eigenvalue weighted by molar-refractivity contribution is 0.618. The molecule has 0 fully saturated rings. The first-order chi connectivity index (χ1) is 8.56. The molecule has 0 spiro atoms. The van der Waals surface area contributed by atoms with Gasteiger partial charge in [0.25, 0.3) is 0 Å². The molecule has 0 amide bonds. The van der Waals surface area contributed by atoms with Gasteiger partial charge in [0, 0.05) is 29.9 Å². The molecule has 2 rings (SSSR count). The zero-order chi connectivity index (χ0) is 13.1. The number of hydrogen-bond acceptors (Lipinski definition) is 3. The van der Waals surface area contributed by atoms with E-state index in [2.05, 4.69) is 9.97 Å². The highest BCUT2D eigenvalue weighted by Gasteiger charge is 2.06. The summed E-state index contributed by atoms with van der Waals surface area (Å²) in [5, 5.41) is 0. The lowest BCUT2D eigenvalue weighted by atomic mass is 10.1. The maximum atomic E-state index is 13.2. The van der Waals surface area contributed by atoms with Crippen LogP contribution >= 0.6 is 0 Å². The lowest BCUT2D eigenvalue weighted by Gasteiger charge is -2.07. The van der Waals surface area contributed by atoms with Gasteiger partial charge < -0.3 is 5.73 Å². The van der Waals surface area contributed by atoms with Gasteiger partial charge in [0.15, 0.2) is 5.82 Å². The topological polar surface area (TPSA) is 51.8 Å². The van der Waals surface area contributed by atoms with Gasteiger partial charge in [-0.25, -0.2) is 14.4 Å². The minimum Gasteiger partial charge on any atom is -0.328 e. The van der Waals surface area contributed by atoms with Crippen molar-refractivity contribution in [1.29, 1.82) is 0 Å². The maximum Gasteiger partial charge on any atom is 0.159 e. The average molecular weight is 245 g/mol. The molecule has 2 aromatic rings. The first-order valence-corrected chi connectivity index (χ1v) is 5.90. The molecule has 3 nitrogen and oxygen atoms in total. The fourth-order valence-electron chi connectivity index (χ4n) is 1.76. The SMILES string of the molecule is Cc1cc(-c2nccc(CC(C)N)n2)ccc1F. The van der Waals surface area contributed by atoms with E-state index in [0.29, 0.717) is 17.8 Å². The second-order valence-corrected chi connectivity index (χ2v) is 4.52. The van der Waals surface area contributed by atoms with E-state index in [1.807, 2.05) is 13.0 Å². The van der Waals surface area contributed by atoms with Crippen LogP contribution in [0.5, 0.6) is 0 Å². The summed E-state index contributed by atoms with van der Waals surface area (Å²) >= 11 is 0. The van der Waals surface area contributed by atoms with Gasteiger partial charge in [0.05, 0.1) is 0 Å². The van der Waals surface area contributed by atoms with E-state index < -0.39 is 0 Å². The van der Waals surface area contributed by atoms with E-state index in [-0.39, 0.29) is 11.9 Å². The first kappa shape index (κ1) is 12.6. The quantitative estimate of drug-likeness (QED) is 0.903. The summed E-state index contributed by atoms with van der Waals surface area (Å²) < 4.78 is 13.2. The summed E-state index contributed by atoms with van der Waals surface area (Å²) in [4.78, 5) is 8.65. The van der Waals surface area contributed by atoms with Crippen LogP contribution in [-0.4, -0.2) is 16.0 Å². The second kappa shape index (κ2) is 5.23. The van der Waals surface area contributed by atoms with Crippen molar-refractivity contribution >= 4 is 0 Å². The van der Waals surface area contributed by atoms with Crippen LogP contribution in [0.15, 0.2) is 30.5 Å². The summed E-state index contributed by atoms with van der Waals surface area (Å²) in [5.41, 5.74) is 8.06. The predicted octanol–water partition coefficient (Wildman–Crippen LogP) is 2.48. The number of nitrogens with zero attached hydrogens (tertiary/aromatic N) is 2. The smallest absolute Gasteiger partial charge is 0.159 e. The maximum absolute atomic E-state index is 13.2. The molecule has 2 N–H and O–H groups in total. The Morgan fingerprint density at radius 3 is 2.78 bits per heavy atom. The van der Waals surface area contributed by atoms with Gasteiger partial charge >= 0.3 is 0 Å². The summed E-state index contributed by atoms with van der Waals surface area (Å²) in [6.07, 6.45) is 2.41. The van der Waals surface area contributed by atoms with Crippen LogP contribution < -0.4 is 5.73 Å². The standard InChI is InChI=1S/C14H16FN3/c1-9-7-11(3-4-13(9)15)14-17-6-5-12(18-14)8-10(2)16/h3-7,10H,8,16H2,1-2H3. The lowest BCUT2D eigenvalue weighted by Crippen LogP contribution is -2.18. The Labute approximate surface area is 106 Å². The van der Waals surface area contributed by atoms with Gasteiger partial charge in [-0.3, -0.25) is 0 Å². The molecule has 18 heavy (non-hydrogen) atoms. The number of rotatable bonds is 3. The van der Waals surface area contributed by atoms with E-state index in [1.165, 1.54) is 6.07 Å². The molecule has 1 unspecified atom stereocenters. The van der Waals surface area contributed by atoms with Crippen LogP contribution in [0.4, 0.5) is 4.39 Å². The summed E-state index contributed by atoms with van der Waals surface area (Å²) in [5.74, 6) is 0.390. The Kier molecular flexibility index (Phi) is 3.67. The summed E-state index contributed by atoms with van der Waals surface area (Å²) in [7, 11) is 0. The van der Waals surface area contributed by atoms with Crippen molar-refractivity contribution in [3.05, 3.63) is 47.5 Å². The molecular weight excluding hydrogens is 229 g/mol. The third kappa shape index (κ3) is 2.90. The normalized spacial score (nSPS) is 12.4. The molecule has 1 heterocycles. The highest BCUT2D eigenvalue weighted by Crippen LogP contribution is 2.18. The van der Waals surface area contributed by atoms with Crippen molar-refractivity contribution < 1.29 is 4.39 Å². The molecule has 1 aromatic carbocycles. The first-order valence-electron chi connectivity index (χ1n) is 5.90. The minimum atomic E-state index is -0.217. The molecular formula is C14H16FN3. The van der Waals surface area contributed by atoms with Crippen molar-refractivity contribution in [3.63, 3.8) is 0 Å². The summed E-state index contributed by atoms with van der Waals surface area (Å²) in [6.45, 7) is 3.66. The molecule has 0 radical (unpaired) electrons. The van der Waals surface area contributed by atoms with Crippen LogP contribution in [0, 0.1) is 12.7 Å². The molecule has 1 aromatic heterocycles. The largest absolute Gasteiger partial charge is 0.328 e. The van der Waals surface area contributed by atoms with Crippen LogP contribution in [0.1, 0.15) is 18.2 Å². The predicted molar refractivity (Wildman–Crippen MR) is 69.5 cm³/mol. The molecule has 0 saturated carbocycles. The highest BCUT2D eigenvalue weighted by atomic mass is 19.1. The number of aromatic nitrogens is 2. The molecule has 0 aliphatic rings. The van der Waals surface area contributed by atoms with Gasteiger partial charge in [-0.1, -0.05) is 0 Å². The molecule has 0 bridgehead atoms. The van der Waals surface area contributed by atoms with Gasteiger partial charge in [0.2, 0.25) is 0 Å². The summed E-state index contributed by atoms with van der Waals surface area (Å²) in [6, 6.07) is 6.78. The fourth-order valence-corrected chi connectivity index (χ4v) is 1.76. The van der Waals surface area contributed by atoms with E-state index in [1.54, 1.807) is 25.3 Å². The molecule has 1 atom stereocenters. The van der Waals surface area contributed by atoms with Crippen LogP contribution in [0.25, 0.3) is 11.4 Å². The van der Waals surface area contributed by atoms with E-state index >= 15 is 0 Å². The van der Waals surface area contributed by atoms with Gasteiger partial charge in [-0.15, -0.1) is 0 Å². The van der Waals surface area contributed by atoms with Crippen molar-refractivity contribution in [3.8, 4) is 11.4 Å². The van der Waals surface area contributed by atoms with Gasteiger partial charge in [-0.05, 0) is 43.7 Å². The Morgan fingerprint density at radius 2 is 2.11 bits per heavy atom. The monoisotopic (exact) mass is 245 g/mol. The molecule has 94 valence electrons. The number of aryl methyl sites for hydroxylation is 1. The van der Waals surface area contributed by atoms with Crippen molar-refractivity contribution in [2.24, 2.45) is 5.73 Å². The highest BCUT2D eigenvalue weighted by molar-refractivity contribution is 5.56. The van der Waals surface area contributed by atoms with Crippen LogP contribution in [0.3, 0.4) is 0 Å². The third-order valence-electron chi connectivity index (χ3n) is 2.66. The Bertz CT molecular complexity index is 552. The van der Waals surface area contributed by atoms with Crippen molar-refractivity contribution in [1.82, 2.24) is 9.97 Å². The van der Waals surface area contributed by atoms with E-state index in [0.717, 1.165) is 11.3 Å². The fraction of sp³-hybridized carbons (Fsp3) is 0.286.